The van der Waals surface area contributed by atoms with E-state index >= 15 is 0 Å². The van der Waals surface area contributed by atoms with Gasteiger partial charge in [-0.1, -0.05) is 0 Å². The van der Waals surface area contributed by atoms with Crippen molar-refractivity contribution in [3.05, 3.63) is 0 Å². The van der Waals surface area contributed by atoms with E-state index in [0.717, 1.165) is 45.4 Å². The minimum Gasteiger partial charge on any atom is -0.381 e. The number of hydrogen-bond donors (Lipinski definition) is 1. The standard InChI is InChI=1S/C15H29N3OS.HI/c1-5-16-13(17-10-14(2,3)20-4)18-8-6-15(11-18)7-9-19-12-15;/h5-12H2,1-4H3,(H,16,17);1H. The van der Waals surface area contributed by atoms with Gasteiger partial charge in [-0.3, -0.25) is 4.99 Å². The Balaban J connectivity index is 0.00000220. The number of rotatable bonds is 4. The predicted molar refractivity (Wildman–Crippen MR) is 103 cm³/mol. The maximum Gasteiger partial charge on any atom is 0.193 e. The molecule has 1 atom stereocenters. The summed E-state index contributed by atoms with van der Waals surface area (Å²) in [5.41, 5.74) is 0.394. The number of ether oxygens (including phenoxy) is 1. The zero-order valence-electron chi connectivity index (χ0n) is 13.8. The van der Waals surface area contributed by atoms with E-state index in [1.54, 1.807) is 0 Å². The van der Waals surface area contributed by atoms with E-state index in [1.165, 1.54) is 12.8 Å². The number of nitrogens with one attached hydrogen (secondary N) is 1. The SMILES string of the molecule is CCNC(=NCC(C)(C)SC)N1CCC2(CCOC2)C1.I. The van der Waals surface area contributed by atoms with Crippen LogP contribution in [0.2, 0.25) is 0 Å². The minimum atomic E-state index is 0. The molecular weight excluding hydrogens is 397 g/mol. The summed E-state index contributed by atoms with van der Waals surface area (Å²) in [5, 5.41) is 3.45. The zero-order valence-corrected chi connectivity index (χ0v) is 16.9. The summed E-state index contributed by atoms with van der Waals surface area (Å²) in [7, 11) is 0. The molecule has 0 radical (unpaired) electrons. The molecule has 4 nitrogen and oxygen atoms in total. The lowest BCUT2D eigenvalue weighted by Crippen LogP contribution is -2.42. The van der Waals surface area contributed by atoms with Crippen LogP contribution in [0.1, 0.15) is 33.6 Å². The summed E-state index contributed by atoms with van der Waals surface area (Å²) in [5.74, 6) is 1.08. The molecule has 124 valence electrons. The van der Waals surface area contributed by atoms with Crippen LogP contribution in [-0.4, -0.2) is 61.3 Å². The van der Waals surface area contributed by atoms with Crippen LogP contribution >= 0.6 is 35.7 Å². The van der Waals surface area contributed by atoms with Crippen molar-refractivity contribution in [3.8, 4) is 0 Å². The third kappa shape index (κ3) is 5.16. The predicted octanol–water partition coefficient (Wildman–Crippen LogP) is 2.82. The van der Waals surface area contributed by atoms with Crippen LogP contribution in [0.5, 0.6) is 0 Å². The van der Waals surface area contributed by atoms with Crippen molar-refractivity contribution < 1.29 is 4.74 Å². The second kappa shape index (κ2) is 8.24. The topological polar surface area (TPSA) is 36.9 Å². The Bertz CT molecular complexity index is 357. The molecule has 0 bridgehead atoms. The lowest BCUT2D eigenvalue weighted by Gasteiger charge is -2.26. The molecule has 1 spiro atoms. The van der Waals surface area contributed by atoms with Crippen LogP contribution in [-0.2, 0) is 4.74 Å². The summed E-state index contributed by atoms with van der Waals surface area (Å²) in [4.78, 5) is 7.29. The van der Waals surface area contributed by atoms with Crippen LogP contribution < -0.4 is 5.32 Å². The molecule has 1 unspecified atom stereocenters. The van der Waals surface area contributed by atoms with Crippen LogP contribution in [0.25, 0.3) is 0 Å². The molecule has 2 rings (SSSR count). The Morgan fingerprint density at radius 1 is 1.43 bits per heavy atom. The third-order valence-corrected chi connectivity index (χ3v) is 5.65. The molecule has 0 aromatic heterocycles. The van der Waals surface area contributed by atoms with E-state index in [9.17, 15) is 0 Å². The van der Waals surface area contributed by atoms with Crippen molar-refractivity contribution >= 4 is 41.7 Å². The van der Waals surface area contributed by atoms with Gasteiger partial charge in [-0.25, -0.2) is 0 Å². The summed E-state index contributed by atoms with van der Waals surface area (Å²) in [6.07, 6.45) is 4.60. The van der Waals surface area contributed by atoms with Gasteiger partial charge in [-0.15, -0.1) is 24.0 Å². The Morgan fingerprint density at radius 2 is 2.19 bits per heavy atom. The van der Waals surface area contributed by atoms with Gasteiger partial charge in [0.1, 0.15) is 0 Å². The van der Waals surface area contributed by atoms with Crippen LogP contribution in [0, 0.1) is 5.41 Å². The Kier molecular flexibility index (Phi) is 7.60. The van der Waals surface area contributed by atoms with Gasteiger partial charge in [-0.05, 0) is 39.9 Å². The lowest BCUT2D eigenvalue weighted by molar-refractivity contribution is 0.156. The van der Waals surface area contributed by atoms with E-state index < -0.39 is 0 Å². The first-order valence-electron chi connectivity index (χ1n) is 7.66. The number of halogens is 1. The summed E-state index contributed by atoms with van der Waals surface area (Å²) in [6, 6.07) is 0. The summed E-state index contributed by atoms with van der Waals surface area (Å²) >= 11 is 1.88. The van der Waals surface area contributed by atoms with Gasteiger partial charge in [0.15, 0.2) is 5.96 Å². The molecule has 0 aromatic carbocycles. The smallest absolute Gasteiger partial charge is 0.193 e. The lowest BCUT2D eigenvalue weighted by atomic mass is 9.87. The number of aliphatic imine (C=N–C) groups is 1. The second-order valence-electron chi connectivity index (χ2n) is 6.61. The number of thioether (sulfide) groups is 1. The highest BCUT2D eigenvalue weighted by Gasteiger charge is 2.42. The van der Waals surface area contributed by atoms with Crippen molar-refractivity contribution in [3.63, 3.8) is 0 Å². The highest BCUT2D eigenvalue weighted by molar-refractivity contribution is 14.0. The number of nitrogens with zero attached hydrogens (tertiary/aromatic N) is 2. The van der Waals surface area contributed by atoms with E-state index in [4.69, 9.17) is 9.73 Å². The van der Waals surface area contributed by atoms with Gasteiger partial charge < -0.3 is 15.0 Å². The molecular formula is C15H30IN3OS. The molecule has 1 N–H and O–H groups in total. The normalized spacial score (nSPS) is 26.3. The second-order valence-corrected chi connectivity index (χ2v) is 8.12. The first kappa shape index (κ1) is 19.4. The number of hydrogen-bond acceptors (Lipinski definition) is 3. The van der Waals surface area contributed by atoms with Gasteiger partial charge in [0, 0.05) is 36.4 Å². The van der Waals surface area contributed by atoms with Crippen molar-refractivity contribution in [2.24, 2.45) is 10.4 Å². The molecule has 2 saturated heterocycles. The first-order valence-corrected chi connectivity index (χ1v) is 8.89. The Hall–Kier alpha value is 0.310. The quantitative estimate of drug-likeness (QED) is 0.426. The average molecular weight is 427 g/mol. The molecule has 2 fully saturated rings. The Labute approximate surface area is 150 Å². The highest BCUT2D eigenvalue weighted by atomic mass is 127. The maximum absolute atomic E-state index is 5.61. The van der Waals surface area contributed by atoms with Gasteiger partial charge in [0.05, 0.1) is 13.2 Å². The molecule has 0 aliphatic carbocycles. The molecule has 0 saturated carbocycles. The fourth-order valence-corrected chi connectivity index (χ4v) is 3.04. The largest absolute Gasteiger partial charge is 0.381 e. The molecule has 0 amide bonds. The average Bonchev–Trinajstić information content (AvgIpc) is 3.06. The molecule has 0 aromatic rings. The van der Waals surface area contributed by atoms with Crippen molar-refractivity contribution in [2.75, 3.05) is 45.6 Å². The van der Waals surface area contributed by atoms with Gasteiger partial charge >= 0.3 is 0 Å². The molecule has 2 aliphatic heterocycles. The number of guanidine groups is 1. The molecule has 2 heterocycles. The number of likely N-dealkylation sites (tertiary alicyclic amines) is 1. The fourth-order valence-electron chi connectivity index (χ4n) is 2.84. The van der Waals surface area contributed by atoms with Crippen LogP contribution in [0.4, 0.5) is 0 Å². The van der Waals surface area contributed by atoms with E-state index in [0.29, 0.717) is 5.41 Å². The van der Waals surface area contributed by atoms with Gasteiger partial charge in [0.2, 0.25) is 0 Å². The van der Waals surface area contributed by atoms with Crippen molar-refractivity contribution in [1.82, 2.24) is 10.2 Å². The molecule has 21 heavy (non-hydrogen) atoms. The van der Waals surface area contributed by atoms with Crippen LogP contribution in [0.15, 0.2) is 4.99 Å². The Morgan fingerprint density at radius 3 is 2.76 bits per heavy atom. The van der Waals surface area contributed by atoms with Crippen molar-refractivity contribution in [1.29, 1.82) is 0 Å². The molecule has 6 heteroatoms. The van der Waals surface area contributed by atoms with E-state index in [1.807, 2.05) is 11.8 Å². The van der Waals surface area contributed by atoms with Gasteiger partial charge in [-0.2, -0.15) is 11.8 Å². The zero-order chi connectivity index (χ0) is 14.6. The highest BCUT2D eigenvalue weighted by Crippen LogP contribution is 2.38. The summed E-state index contributed by atoms with van der Waals surface area (Å²) < 4.78 is 5.81. The van der Waals surface area contributed by atoms with Gasteiger partial charge in [0.25, 0.3) is 0 Å². The maximum atomic E-state index is 5.61. The summed E-state index contributed by atoms with van der Waals surface area (Å²) in [6.45, 7) is 12.5. The fraction of sp³-hybridized carbons (Fsp3) is 0.933. The third-order valence-electron chi connectivity index (χ3n) is 4.42. The van der Waals surface area contributed by atoms with E-state index in [2.05, 4.69) is 37.2 Å². The van der Waals surface area contributed by atoms with E-state index in [-0.39, 0.29) is 28.7 Å². The monoisotopic (exact) mass is 427 g/mol. The van der Waals surface area contributed by atoms with Crippen molar-refractivity contribution in [2.45, 2.75) is 38.4 Å². The van der Waals surface area contributed by atoms with Crippen LogP contribution in [0.3, 0.4) is 0 Å². The minimum absolute atomic E-state index is 0. The molecule has 2 aliphatic rings. The first-order chi connectivity index (χ1) is 9.50.